The summed E-state index contributed by atoms with van der Waals surface area (Å²) in [4.78, 5) is 0. The quantitative estimate of drug-likeness (QED) is 0.174. The van der Waals surface area contributed by atoms with Crippen molar-refractivity contribution < 1.29 is 64.5 Å². The molecule has 8 N–H and O–H groups in total. The fraction of sp³-hybridized carbons (Fsp3) is 1.00. The number of hydrogen-bond donors (Lipinski definition) is 8. The average Bonchev–Trinajstić information content (AvgIpc) is 3.63. The highest BCUT2D eigenvalue weighted by Gasteiger charge is 2.83. The zero-order valence-electron chi connectivity index (χ0n) is 34.1. The summed E-state index contributed by atoms with van der Waals surface area (Å²) < 4.78 is 30.6. The Hall–Kier alpha value is -0.520. The largest absolute Gasteiger partial charge is 0.394 e. The molecule has 5 aliphatic carbocycles. The average molecular weight is 783 g/mol. The predicted octanol–water partition coefficient (Wildman–Crippen LogP) is 2.00. The van der Waals surface area contributed by atoms with Gasteiger partial charge in [-0.3, -0.25) is 0 Å². The lowest BCUT2D eigenvalue weighted by Crippen LogP contribution is -2.65. The van der Waals surface area contributed by atoms with Crippen molar-refractivity contribution in [2.75, 3.05) is 6.61 Å². The van der Waals surface area contributed by atoms with Crippen molar-refractivity contribution in [3.63, 3.8) is 0 Å². The fourth-order valence-electron chi connectivity index (χ4n) is 15.0. The van der Waals surface area contributed by atoms with E-state index in [1.165, 1.54) is 13.3 Å². The molecule has 8 fully saturated rings. The highest BCUT2D eigenvalue weighted by Crippen LogP contribution is 2.89. The topological polar surface area (TPSA) is 208 Å². The maximum absolute atomic E-state index is 11.9. The summed E-state index contributed by atoms with van der Waals surface area (Å²) in [5.74, 6) is 1.11. The van der Waals surface area contributed by atoms with Gasteiger partial charge in [-0.05, 0) is 123 Å². The van der Waals surface area contributed by atoms with E-state index in [1.807, 2.05) is 13.8 Å². The maximum Gasteiger partial charge on any atom is 0.187 e. The number of hydrogen-bond acceptors (Lipinski definition) is 13. The molecule has 0 unspecified atom stereocenters. The minimum Gasteiger partial charge on any atom is -0.394 e. The van der Waals surface area contributed by atoms with Crippen LogP contribution in [-0.4, -0.2) is 139 Å². The molecule has 13 nitrogen and oxygen atoms in total. The Bertz CT molecular complexity index is 1440. The molecule has 3 aliphatic heterocycles. The molecule has 2 spiro atoms. The summed E-state index contributed by atoms with van der Waals surface area (Å²) in [7, 11) is 0. The minimum absolute atomic E-state index is 0.0228. The molecule has 0 aromatic carbocycles. The molecule has 0 aromatic rings. The summed E-state index contributed by atoms with van der Waals surface area (Å²) in [6, 6.07) is 0. The molecule has 0 aromatic heterocycles. The Morgan fingerprint density at radius 1 is 0.709 bits per heavy atom. The normalized spacial score (nSPS) is 58.6. The second-order valence-corrected chi connectivity index (χ2v) is 21.1. The second-order valence-electron chi connectivity index (χ2n) is 21.1. The summed E-state index contributed by atoms with van der Waals surface area (Å²) >= 11 is 0. The summed E-state index contributed by atoms with van der Waals surface area (Å²) in [5, 5.41) is 86.5. The molecule has 316 valence electrons. The molecule has 0 amide bonds. The van der Waals surface area contributed by atoms with Gasteiger partial charge in [0.2, 0.25) is 0 Å². The molecule has 55 heavy (non-hydrogen) atoms. The van der Waals surface area contributed by atoms with Gasteiger partial charge in [-0.2, -0.15) is 0 Å². The third kappa shape index (κ3) is 5.72. The maximum atomic E-state index is 11.9. The number of ether oxygens (including phenoxy) is 5. The van der Waals surface area contributed by atoms with Gasteiger partial charge in [0, 0.05) is 6.42 Å². The van der Waals surface area contributed by atoms with Gasteiger partial charge in [0.05, 0.1) is 42.7 Å². The molecule has 3 saturated heterocycles. The van der Waals surface area contributed by atoms with Crippen molar-refractivity contribution in [3.8, 4) is 0 Å². The van der Waals surface area contributed by atoms with Crippen LogP contribution in [0.5, 0.6) is 0 Å². The SMILES string of the molecule is C[C@@H]([C@H]1[C@@H](O)C[C@@]2(C)[C@@H]3CC[C@H]4C(C)(C)[C@@H](O[C@@H]5O[C@H](CO)[C@@H](O[C@@H]6O[C@@H](C)[C@H](O)[C@@H](O)[C@H]6O)[C@H](O)[C@H]5O)CC[C@@]45C[C@@]35CC[C@]12C)[C@H]1C[C@H](O)C(C)(C)O1. The minimum atomic E-state index is -1.63. The third-order valence-corrected chi connectivity index (χ3v) is 18.2. The lowest BCUT2D eigenvalue weighted by molar-refractivity contribution is -0.365. The number of aliphatic hydroxyl groups is 8. The van der Waals surface area contributed by atoms with Gasteiger partial charge in [-0.15, -0.1) is 0 Å². The first kappa shape index (κ1) is 41.2. The van der Waals surface area contributed by atoms with Gasteiger partial charge in [-0.25, -0.2) is 0 Å². The third-order valence-electron chi connectivity index (χ3n) is 18.2. The smallest absolute Gasteiger partial charge is 0.187 e. The number of aliphatic hydroxyl groups excluding tert-OH is 8. The highest BCUT2D eigenvalue weighted by molar-refractivity contribution is 5.31. The van der Waals surface area contributed by atoms with Gasteiger partial charge >= 0.3 is 0 Å². The van der Waals surface area contributed by atoms with Gasteiger partial charge in [0.25, 0.3) is 0 Å². The standard InChI is InChI=1S/C42H70O13/c1-19(22-15-26(45)38(5,6)55-22)28-21(44)16-40(8)25-10-9-24-37(3,4)27(11-12-41(24)18-42(25,41)14-13-39(28,40)7)53-36-33(50)31(48)34(23(17-43)52-36)54-35-32(49)30(47)29(46)20(2)51-35/h19-36,43-50H,9-18H2,1-8H3/t19-,20+,21+,22-,23-,24+,25+,26+,27+,28+,29+,30-,31-,32-,33-,34-,35+,36+,39-,40+,41-,42+/m1/s1. The molecule has 5 saturated carbocycles. The molecule has 8 aliphatic rings. The molecular weight excluding hydrogens is 712 g/mol. The first-order valence-corrected chi connectivity index (χ1v) is 21.3. The van der Waals surface area contributed by atoms with Gasteiger partial charge < -0.3 is 64.5 Å². The Morgan fingerprint density at radius 3 is 2.00 bits per heavy atom. The van der Waals surface area contributed by atoms with E-state index in [2.05, 4.69) is 34.6 Å². The van der Waals surface area contributed by atoms with Crippen LogP contribution in [0, 0.1) is 50.7 Å². The van der Waals surface area contributed by atoms with Crippen molar-refractivity contribution in [3.05, 3.63) is 0 Å². The van der Waals surface area contributed by atoms with Crippen LogP contribution in [0.1, 0.15) is 113 Å². The molecule has 8 rings (SSSR count). The number of rotatable bonds is 7. The van der Waals surface area contributed by atoms with E-state index in [4.69, 9.17) is 23.7 Å². The molecular formula is C42H70O13. The lowest BCUT2D eigenvalue weighted by Gasteiger charge is -2.63. The summed E-state index contributed by atoms with van der Waals surface area (Å²) in [5.41, 5.74) is -0.545. The molecule has 22 atom stereocenters. The molecule has 13 heteroatoms. The van der Waals surface area contributed by atoms with Crippen molar-refractivity contribution in [2.24, 2.45) is 50.7 Å². The van der Waals surface area contributed by atoms with E-state index >= 15 is 0 Å². The van der Waals surface area contributed by atoms with E-state index in [0.29, 0.717) is 18.3 Å². The lowest BCUT2D eigenvalue weighted by atomic mass is 9.41. The second kappa shape index (κ2) is 13.5. The predicted molar refractivity (Wildman–Crippen MR) is 197 cm³/mol. The van der Waals surface area contributed by atoms with Crippen LogP contribution < -0.4 is 0 Å². The zero-order valence-corrected chi connectivity index (χ0v) is 34.1. The molecule has 0 radical (unpaired) electrons. The Morgan fingerprint density at radius 2 is 1.35 bits per heavy atom. The van der Waals surface area contributed by atoms with E-state index in [0.717, 1.165) is 44.9 Å². The van der Waals surface area contributed by atoms with Gasteiger partial charge in [-0.1, -0.05) is 34.6 Å². The zero-order chi connectivity index (χ0) is 40.0. The van der Waals surface area contributed by atoms with Gasteiger partial charge in [0.1, 0.15) is 42.7 Å². The van der Waals surface area contributed by atoms with Crippen molar-refractivity contribution >= 4 is 0 Å². The van der Waals surface area contributed by atoms with Crippen LogP contribution in [0.25, 0.3) is 0 Å². The summed E-state index contributed by atoms with van der Waals surface area (Å²) in [6.45, 7) is 16.6. The van der Waals surface area contributed by atoms with Crippen molar-refractivity contribution in [1.29, 1.82) is 0 Å². The fourth-order valence-corrected chi connectivity index (χ4v) is 15.0. The summed E-state index contributed by atoms with van der Waals surface area (Å²) in [6.07, 6.45) is -6.19. The molecule has 0 bridgehead atoms. The Balaban J connectivity index is 0.960. The van der Waals surface area contributed by atoms with Crippen molar-refractivity contribution in [2.45, 2.75) is 205 Å². The first-order valence-electron chi connectivity index (χ1n) is 21.3. The molecule has 3 heterocycles. The van der Waals surface area contributed by atoms with Crippen LogP contribution in [-0.2, 0) is 23.7 Å². The van der Waals surface area contributed by atoms with Crippen LogP contribution in [0.3, 0.4) is 0 Å². The van der Waals surface area contributed by atoms with Crippen LogP contribution >= 0.6 is 0 Å². The number of fused-ring (bicyclic) bond motifs is 2. The Kier molecular flexibility index (Phi) is 10.1. The van der Waals surface area contributed by atoms with E-state index in [-0.39, 0.29) is 51.1 Å². The monoisotopic (exact) mass is 782 g/mol. The van der Waals surface area contributed by atoms with Crippen LogP contribution in [0.2, 0.25) is 0 Å². The highest BCUT2D eigenvalue weighted by atomic mass is 16.7. The Labute approximate surface area is 326 Å². The van der Waals surface area contributed by atoms with Crippen LogP contribution in [0.4, 0.5) is 0 Å². The van der Waals surface area contributed by atoms with E-state index in [1.54, 1.807) is 0 Å². The van der Waals surface area contributed by atoms with Crippen LogP contribution in [0.15, 0.2) is 0 Å². The van der Waals surface area contributed by atoms with E-state index in [9.17, 15) is 40.9 Å². The van der Waals surface area contributed by atoms with Gasteiger partial charge in [0.15, 0.2) is 12.6 Å². The van der Waals surface area contributed by atoms with E-state index < -0.39 is 85.8 Å². The first-order chi connectivity index (χ1) is 25.6. The van der Waals surface area contributed by atoms with Crippen molar-refractivity contribution in [1.82, 2.24) is 0 Å².